The van der Waals surface area contributed by atoms with Crippen molar-refractivity contribution in [2.45, 2.75) is 33.1 Å². The zero-order valence-electron chi connectivity index (χ0n) is 10.3. The Labute approximate surface area is 94.4 Å². The van der Waals surface area contributed by atoms with E-state index in [1.165, 1.54) is 52.0 Å². The summed E-state index contributed by atoms with van der Waals surface area (Å²) in [5.74, 6) is 2.85. The first-order valence-electron chi connectivity index (χ1n) is 6.72. The molecule has 15 heavy (non-hydrogen) atoms. The Kier molecular flexibility index (Phi) is 4.04. The molecule has 0 aromatic carbocycles. The molecular formula is C13H26N2. The molecule has 0 bridgehead atoms. The van der Waals surface area contributed by atoms with Gasteiger partial charge < -0.3 is 10.2 Å². The normalized spacial score (nSPS) is 25.0. The molecule has 0 radical (unpaired) electrons. The molecule has 1 N–H and O–H groups in total. The second-order valence-electron chi connectivity index (χ2n) is 5.54. The fourth-order valence-corrected chi connectivity index (χ4v) is 2.64. The molecule has 1 aliphatic heterocycles. The summed E-state index contributed by atoms with van der Waals surface area (Å²) in [4.78, 5) is 2.67. The van der Waals surface area contributed by atoms with E-state index in [9.17, 15) is 0 Å². The van der Waals surface area contributed by atoms with Gasteiger partial charge in [0.2, 0.25) is 0 Å². The molecule has 0 aromatic rings. The van der Waals surface area contributed by atoms with Crippen LogP contribution >= 0.6 is 0 Å². The summed E-state index contributed by atoms with van der Waals surface area (Å²) in [6, 6.07) is 0. The van der Waals surface area contributed by atoms with Crippen molar-refractivity contribution < 1.29 is 0 Å². The number of hydrogen-bond donors (Lipinski definition) is 1. The Morgan fingerprint density at radius 2 is 2.07 bits per heavy atom. The Morgan fingerprint density at radius 1 is 1.33 bits per heavy atom. The van der Waals surface area contributed by atoms with Crippen LogP contribution in [0, 0.1) is 17.8 Å². The van der Waals surface area contributed by atoms with Gasteiger partial charge in [0.15, 0.2) is 0 Å². The number of rotatable bonds is 6. The van der Waals surface area contributed by atoms with Crippen LogP contribution in [0.3, 0.4) is 0 Å². The second-order valence-corrected chi connectivity index (χ2v) is 5.54. The third-order valence-corrected chi connectivity index (χ3v) is 4.35. The van der Waals surface area contributed by atoms with Gasteiger partial charge in [-0.05, 0) is 50.2 Å². The third-order valence-electron chi connectivity index (χ3n) is 4.35. The van der Waals surface area contributed by atoms with E-state index in [0.717, 1.165) is 17.8 Å². The van der Waals surface area contributed by atoms with E-state index in [2.05, 4.69) is 24.1 Å². The van der Waals surface area contributed by atoms with Crippen molar-refractivity contribution in [1.29, 1.82) is 0 Å². The number of nitrogens with zero attached hydrogens (tertiary/aromatic N) is 1. The molecule has 2 aliphatic rings. The molecule has 1 heterocycles. The van der Waals surface area contributed by atoms with Gasteiger partial charge in [-0.25, -0.2) is 0 Å². The Bertz CT molecular complexity index is 185. The molecule has 1 saturated heterocycles. The maximum atomic E-state index is 3.38. The smallest absolute Gasteiger partial charge is 0.00106 e. The lowest BCUT2D eigenvalue weighted by molar-refractivity contribution is 0.133. The average Bonchev–Trinajstić information content (AvgIpc) is 2.05. The second kappa shape index (κ2) is 5.31. The van der Waals surface area contributed by atoms with E-state index in [-0.39, 0.29) is 0 Å². The Hall–Kier alpha value is -0.0800. The fourth-order valence-electron chi connectivity index (χ4n) is 2.64. The molecule has 1 atom stereocenters. The van der Waals surface area contributed by atoms with Gasteiger partial charge in [-0.15, -0.1) is 0 Å². The highest BCUT2D eigenvalue weighted by molar-refractivity contribution is 4.82. The first kappa shape index (κ1) is 11.4. The minimum atomic E-state index is 0.881. The minimum Gasteiger partial charge on any atom is -0.316 e. The van der Waals surface area contributed by atoms with Crippen LogP contribution in [0.25, 0.3) is 0 Å². The molecular weight excluding hydrogens is 184 g/mol. The highest BCUT2D eigenvalue weighted by Gasteiger charge is 2.26. The van der Waals surface area contributed by atoms with Gasteiger partial charge in [0.25, 0.3) is 0 Å². The van der Waals surface area contributed by atoms with Gasteiger partial charge in [-0.2, -0.15) is 0 Å². The lowest BCUT2D eigenvalue weighted by atomic mass is 9.84. The van der Waals surface area contributed by atoms with E-state index in [4.69, 9.17) is 0 Å². The molecule has 2 heteroatoms. The highest BCUT2D eigenvalue weighted by atomic mass is 15.1. The van der Waals surface area contributed by atoms with E-state index in [0.29, 0.717) is 0 Å². The first-order chi connectivity index (χ1) is 7.29. The molecule has 1 saturated carbocycles. The zero-order valence-corrected chi connectivity index (χ0v) is 10.3. The monoisotopic (exact) mass is 210 g/mol. The minimum absolute atomic E-state index is 0.881. The quantitative estimate of drug-likeness (QED) is 0.721. The van der Waals surface area contributed by atoms with E-state index >= 15 is 0 Å². The number of hydrogen-bond acceptors (Lipinski definition) is 2. The standard InChI is InChI=1S/C13H26N2/c1-3-15(10-12-5-4-6-12)9-11(2)13-7-14-8-13/h11-14H,3-10H2,1-2H3. The van der Waals surface area contributed by atoms with Crippen LogP contribution in [0.2, 0.25) is 0 Å². The molecule has 0 spiro atoms. The third kappa shape index (κ3) is 2.94. The van der Waals surface area contributed by atoms with E-state index in [1.54, 1.807) is 0 Å². The number of nitrogens with one attached hydrogen (secondary N) is 1. The van der Waals surface area contributed by atoms with Gasteiger partial charge in [0.1, 0.15) is 0 Å². The van der Waals surface area contributed by atoms with Crippen molar-refractivity contribution in [2.24, 2.45) is 17.8 Å². The average molecular weight is 210 g/mol. The van der Waals surface area contributed by atoms with Crippen LogP contribution in [-0.2, 0) is 0 Å². The summed E-state index contributed by atoms with van der Waals surface area (Å²) in [5, 5.41) is 3.38. The van der Waals surface area contributed by atoms with Gasteiger partial charge in [-0.1, -0.05) is 20.3 Å². The van der Waals surface area contributed by atoms with Gasteiger partial charge >= 0.3 is 0 Å². The predicted molar refractivity (Wildman–Crippen MR) is 65.0 cm³/mol. The Balaban J connectivity index is 1.68. The molecule has 88 valence electrons. The van der Waals surface area contributed by atoms with E-state index in [1.807, 2.05) is 0 Å². The van der Waals surface area contributed by atoms with Crippen LogP contribution in [0.15, 0.2) is 0 Å². The molecule has 1 aliphatic carbocycles. The summed E-state index contributed by atoms with van der Waals surface area (Å²) in [7, 11) is 0. The van der Waals surface area contributed by atoms with Crippen molar-refractivity contribution in [3.63, 3.8) is 0 Å². The van der Waals surface area contributed by atoms with Crippen LogP contribution in [-0.4, -0.2) is 37.6 Å². The lowest BCUT2D eigenvalue weighted by Crippen LogP contribution is -2.48. The molecule has 2 rings (SSSR count). The summed E-state index contributed by atoms with van der Waals surface area (Å²) < 4.78 is 0. The van der Waals surface area contributed by atoms with Crippen LogP contribution in [0.4, 0.5) is 0 Å². The molecule has 1 unspecified atom stereocenters. The van der Waals surface area contributed by atoms with Gasteiger partial charge in [0, 0.05) is 13.1 Å². The Morgan fingerprint density at radius 3 is 2.47 bits per heavy atom. The SMILES string of the molecule is CCN(CC1CCC1)CC(C)C1CNC1. The molecule has 0 aromatic heterocycles. The largest absolute Gasteiger partial charge is 0.316 e. The van der Waals surface area contributed by atoms with Gasteiger partial charge in [-0.3, -0.25) is 0 Å². The van der Waals surface area contributed by atoms with Gasteiger partial charge in [0.05, 0.1) is 0 Å². The van der Waals surface area contributed by atoms with Crippen molar-refractivity contribution in [3.05, 3.63) is 0 Å². The fraction of sp³-hybridized carbons (Fsp3) is 1.00. The summed E-state index contributed by atoms with van der Waals surface area (Å²) >= 11 is 0. The molecule has 0 amide bonds. The maximum Gasteiger partial charge on any atom is 0.00106 e. The molecule has 2 nitrogen and oxygen atoms in total. The first-order valence-corrected chi connectivity index (χ1v) is 6.72. The van der Waals surface area contributed by atoms with Crippen LogP contribution < -0.4 is 5.32 Å². The maximum absolute atomic E-state index is 3.38. The summed E-state index contributed by atoms with van der Waals surface area (Å²) in [5.41, 5.74) is 0. The molecule has 2 fully saturated rings. The van der Waals surface area contributed by atoms with Crippen molar-refractivity contribution >= 4 is 0 Å². The zero-order chi connectivity index (χ0) is 10.7. The van der Waals surface area contributed by atoms with E-state index < -0.39 is 0 Å². The van der Waals surface area contributed by atoms with Crippen LogP contribution in [0.5, 0.6) is 0 Å². The van der Waals surface area contributed by atoms with Crippen molar-refractivity contribution in [3.8, 4) is 0 Å². The summed E-state index contributed by atoms with van der Waals surface area (Å²) in [6.45, 7) is 11.2. The van der Waals surface area contributed by atoms with Crippen molar-refractivity contribution in [1.82, 2.24) is 10.2 Å². The topological polar surface area (TPSA) is 15.3 Å². The van der Waals surface area contributed by atoms with Crippen molar-refractivity contribution in [2.75, 3.05) is 32.7 Å². The lowest BCUT2D eigenvalue weighted by Gasteiger charge is -2.38. The highest BCUT2D eigenvalue weighted by Crippen LogP contribution is 2.27. The predicted octanol–water partition coefficient (Wildman–Crippen LogP) is 1.96. The van der Waals surface area contributed by atoms with Crippen LogP contribution in [0.1, 0.15) is 33.1 Å². The summed E-state index contributed by atoms with van der Waals surface area (Å²) in [6.07, 6.45) is 4.44.